The van der Waals surface area contributed by atoms with Crippen LogP contribution in [0.2, 0.25) is 5.02 Å². The average Bonchev–Trinajstić information content (AvgIpc) is 3.64. The molecule has 1 spiro atoms. The number of aliphatic hydroxyl groups is 2. The maximum absolute atomic E-state index is 14.3. The molecule has 2 unspecified atom stereocenters. The van der Waals surface area contributed by atoms with Crippen LogP contribution < -0.4 is 10.6 Å². The van der Waals surface area contributed by atoms with Crippen molar-refractivity contribution in [2.45, 2.75) is 42.8 Å². The lowest BCUT2D eigenvalue weighted by molar-refractivity contribution is -0.134. The molecular weight excluding hydrogens is 571 g/mol. The second kappa shape index (κ2) is 10.6. The van der Waals surface area contributed by atoms with Gasteiger partial charge in [-0.15, -0.1) is 0 Å². The van der Waals surface area contributed by atoms with Gasteiger partial charge in [-0.3, -0.25) is 10.1 Å². The second-order valence-electron chi connectivity index (χ2n) is 10.7. The van der Waals surface area contributed by atoms with E-state index in [2.05, 4.69) is 21.7 Å². The van der Waals surface area contributed by atoms with Crippen LogP contribution in [0.15, 0.2) is 60.7 Å². The number of carbonyl (C=O) groups is 1. The first-order valence-electron chi connectivity index (χ1n) is 13.2. The van der Waals surface area contributed by atoms with Crippen LogP contribution in [0.1, 0.15) is 29.5 Å². The zero-order valence-electron chi connectivity index (χ0n) is 21.9. The molecule has 1 aromatic heterocycles. The summed E-state index contributed by atoms with van der Waals surface area (Å²) >= 11 is 6.25. The van der Waals surface area contributed by atoms with Gasteiger partial charge in [0.15, 0.2) is 0 Å². The number of anilines is 1. The van der Waals surface area contributed by atoms with E-state index in [0.717, 1.165) is 12.1 Å². The van der Waals surface area contributed by atoms with Gasteiger partial charge in [0, 0.05) is 28.7 Å². The molecule has 0 bridgehead atoms. The summed E-state index contributed by atoms with van der Waals surface area (Å²) < 4.78 is 41.7. The van der Waals surface area contributed by atoms with Gasteiger partial charge in [-0.1, -0.05) is 23.7 Å². The molecule has 0 radical (unpaired) electrons. The van der Waals surface area contributed by atoms with Crippen LogP contribution in [-0.4, -0.2) is 50.9 Å². The summed E-state index contributed by atoms with van der Waals surface area (Å²) in [6.45, 7) is -0.0138. The Morgan fingerprint density at radius 2 is 1.90 bits per heavy atom. The number of aromatic nitrogens is 1. The van der Waals surface area contributed by atoms with Crippen molar-refractivity contribution in [1.29, 1.82) is 5.26 Å². The van der Waals surface area contributed by atoms with Crippen LogP contribution in [0.4, 0.5) is 18.9 Å². The highest BCUT2D eigenvalue weighted by molar-refractivity contribution is 6.30. The number of rotatable bonds is 6. The zero-order chi connectivity index (χ0) is 29.8. The van der Waals surface area contributed by atoms with Gasteiger partial charge in [0.05, 0.1) is 28.7 Å². The third kappa shape index (κ3) is 4.86. The average molecular weight is 596 g/mol. The fourth-order valence-electron chi connectivity index (χ4n) is 6.04. The van der Waals surface area contributed by atoms with E-state index in [1.807, 2.05) is 0 Å². The molecule has 216 valence electrons. The first-order valence-corrected chi connectivity index (χ1v) is 13.6. The number of H-pyrrole nitrogens is 1. The Labute approximate surface area is 243 Å². The van der Waals surface area contributed by atoms with E-state index in [-0.39, 0.29) is 36.0 Å². The summed E-state index contributed by atoms with van der Waals surface area (Å²) in [6, 6.07) is 13.8. The molecule has 1 saturated heterocycles. The predicted molar refractivity (Wildman–Crippen MR) is 149 cm³/mol. The lowest BCUT2D eigenvalue weighted by atomic mass is 9.79. The number of halogens is 4. The molecule has 2 aliphatic heterocycles. The zero-order valence-corrected chi connectivity index (χ0v) is 22.7. The minimum Gasteiger partial charge on any atom is -0.373 e. The monoisotopic (exact) mass is 595 g/mol. The highest BCUT2D eigenvalue weighted by Crippen LogP contribution is 2.49. The summed E-state index contributed by atoms with van der Waals surface area (Å²) in [5.74, 6) is -2.62. The van der Waals surface area contributed by atoms with E-state index in [1.165, 1.54) is 35.2 Å². The number of benzene rings is 3. The van der Waals surface area contributed by atoms with Crippen molar-refractivity contribution < 1.29 is 28.2 Å². The molecular formula is C30H25ClF3N5O3. The van der Waals surface area contributed by atoms with E-state index in [4.69, 9.17) is 11.6 Å². The Morgan fingerprint density at radius 1 is 1.14 bits per heavy atom. The van der Waals surface area contributed by atoms with Gasteiger partial charge in [0.1, 0.15) is 35.9 Å². The summed E-state index contributed by atoms with van der Waals surface area (Å²) in [4.78, 5) is 18.3. The fourth-order valence-corrected chi connectivity index (χ4v) is 6.22. The van der Waals surface area contributed by atoms with E-state index >= 15 is 0 Å². The third-order valence-electron chi connectivity index (χ3n) is 8.13. The van der Waals surface area contributed by atoms with Crippen LogP contribution in [0.5, 0.6) is 0 Å². The molecule has 5 atom stereocenters. The number of amides is 1. The Bertz CT molecular complexity index is 1730. The topological polar surface area (TPSA) is 124 Å². The summed E-state index contributed by atoms with van der Waals surface area (Å²) in [5.41, 5.74) is 1.11. The van der Waals surface area contributed by atoms with Crippen LogP contribution in [0.3, 0.4) is 0 Å². The van der Waals surface area contributed by atoms with Gasteiger partial charge in [-0.25, -0.2) is 13.2 Å². The van der Waals surface area contributed by atoms with E-state index < -0.39 is 53.3 Å². The van der Waals surface area contributed by atoms with Gasteiger partial charge >= 0.3 is 0 Å². The molecule has 5 N–H and O–H groups in total. The third-order valence-corrected chi connectivity index (χ3v) is 8.37. The molecule has 8 nitrogen and oxygen atoms in total. The molecule has 0 saturated carbocycles. The number of fused-ring (bicyclic) bond motifs is 3. The molecule has 12 heteroatoms. The van der Waals surface area contributed by atoms with Crippen molar-refractivity contribution in [3.63, 3.8) is 0 Å². The smallest absolute Gasteiger partial charge is 0.241 e. The first-order chi connectivity index (χ1) is 20.1. The Balaban J connectivity index is 1.32. The van der Waals surface area contributed by atoms with E-state index in [0.29, 0.717) is 21.8 Å². The van der Waals surface area contributed by atoms with Crippen molar-refractivity contribution in [3.8, 4) is 6.07 Å². The molecule has 3 aromatic carbocycles. The number of aromatic amines is 1. The van der Waals surface area contributed by atoms with Crippen molar-refractivity contribution in [3.05, 3.63) is 100.0 Å². The van der Waals surface area contributed by atoms with Crippen LogP contribution in [0, 0.1) is 28.8 Å². The normalized spacial score (nSPS) is 22.6. The summed E-state index contributed by atoms with van der Waals surface area (Å²) in [6.07, 6.45) is -2.47. The van der Waals surface area contributed by atoms with E-state index in [1.54, 1.807) is 18.2 Å². The Kier molecular flexibility index (Phi) is 7.11. The number of nitrogens with one attached hydrogen (secondary N) is 3. The minimum atomic E-state index is -1.52. The number of hydrogen-bond acceptors (Lipinski definition) is 6. The standard InChI is InChI=1S/C30H25ClF3N5O3/c31-16-3-6-23-21(8-16)30(29(42)38-23)12-19(13-35)39(14-30)28(41)26(7-15-1-4-17(32)5-2-15)37-27(40)25-11-20-22(34)9-18(33)10-24(20)36-25/h1-6,8-11,19,26-27,29,36-38,40,42H,7,12,14H2/t19-,26-,27?,29?,30-/m0/s1. The SMILES string of the molecule is N#C[C@@H]1C[C@]2(CN1C(=O)[C@H](Cc1ccc(F)cc1)NC(O)c1cc3c(F)cc(F)cc3[nH]1)c1cc(Cl)ccc1NC2O. The summed E-state index contributed by atoms with van der Waals surface area (Å²) in [5, 5.41) is 38.5. The number of carbonyl (C=O) groups excluding carboxylic acids is 1. The van der Waals surface area contributed by atoms with Crippen LogP contribution in [0.25, 0.3) is 10.9 Å². The number of aliphatic hydroxyl groups excluding tert-OH is 2. The van der Waals surface area contributed by atoms with Gasteiger partial charge in [-0.2, -0.15) is 5.26 Å². The lowest BCUT2D eigenvalue weighted by Gasteiger charge is -2.30. The highest BCUT2D eigenvalue weighted by atomic mass is 35.5. The van der Waals surface area contributed by atoms with Gasteiger partial charge < -0.3 is 25.4 Å². The predicted octanol–water partition coefficient (Wildman–Crippen LogP) is 4.24. The number of nitrogens with zero attached hydrogens (tertiary/aromatic N) is 2. The largest absolute Gasteiger partial charge is 0.373 e. The molecule has 42 heavy (non-hydrogen) atoms. The lowest BCUT2D eigenvalue weighted by Crippen LogP contribution is -2.51. The number of likely N-dealkylation sites (tertiary alicyclic amines) is 1. The molecule has 6 rings (SSSR count). The molecule has 3 heterocycles. The van der Waals surface area contributed by atoms with Crippen LogP contribution >= 0.6 is 11.6 Å². The van der Waals surface area contributed by atoms with E-state index in [9.17, 15) is 33.4 Å². The maximum atomic E-state index is 14.3. The first kappa shape index (κ1) is 28.1. The van der Waals surface area contributed by atoms with Gasteiger partial charge in [0.2, 0.25) is 5.91 Å². The van der Waals surface area contributed by atoms with Crippen molar-refractivity contribution in [2.75, 3.05) is 11.9 Å². The molecule has 0 aliphatic carbocycles. The van der Waals surface area contributed by atoms with Gasteiger partial charge in [0.25, 0.3) is 0 Å². The van der Waals surface area contributed by atoms with Gasteiger partial charge in [-0.05, 0) is 66.4 Å². The molecule has 4 aromatic rings. The van der Waals surface area contributed by atoms with Crippen molar-refractivity contribution in [2.24, 2.45) is 0 Å². The highest BCUT2D eigenvalue weighted by Gasteiger charge is 2.56. The number of nitriles is 1. The second-order valence-corrected chi connectivity index (χ2v) is 11.2. The number of hydrogen-bond donors (Lipinski definition) is 5. The summed E-state index contributed by atoms with van der Waals surface area (Å²) in [7, 11) is 0. The Hall–Kier alpha value is -4.08. The van der Waals surface area contributed by atoms with Crippen molar-refractivity contribution >= 4 is 34.1 Å². The van der Waals surface area contributed by atoms with Crippen LogP contribution in [-0.2, 0) is 16.6 Å². The quantitative estimate of drug-likeness (QED) is 0.213. The maximum Gasteiger partial charge on any atom is 0.241 e. The Morgan fingerprint density at radius 3 is 2.64 bits per heavy atom. The van der Waals surface area contributed by atoms with Crippen molar-refractivity contribution in [1.82, 2.24) is 15.2 Å². The molecule has 2 aliphatic rings. The molecule has 1 fully saturated rings. The molecule has 1 amide bonds. The minimum absolute atomic E-state index is 0.00422. The fraction of sp³-hybridized carbons (Fsp3) is 0.267.